The largest absolute Gasteiger partial charge is 0.494 e. The van der Waals surface area contributed by atoms with Crippen molar-refractivity contribution in [2.24, 2.45) is 7.05 Å². The number of rotatable bonds is 8. The first-order valence-electron chi connectivity index (χ1n) is 11.3. The van der Waals surface area contributed by atoms with Crippen molar-refractivity contribution in [1.82, 2.24) is 19.2 Å². The molecule has 3 aromatic rings. The van der Waals surface area contributed by atoms with Crippen molar-refractivity contribution in [2.75, 3.05) is 20.2 Å². The third-order valence-corrected chi connectivity index (χ3v) is 8.07. The first kappa shape index (κ1) is 24.2. The van der Waals surface area contributed by atoms with Crippen molar-refractivity contribution in [3.63, 3.8) is 0 Å². The van der Waals surface area contributed by atoms with E-state index in [0.717, 1.165) is 24.8 Å². The fourth-order valence-electron chi connectivity index (χ4n) is 4.20. The van der Waals surface area contributed by atoms with E-state index in [1.807, 2.05) is 11.6 Å². The van der Waals surface area contributed by atoms with E-state index in [0.29, 0.717) is 36.4 Å². The van der Waals surface area contributed by atoms with Crippen LogP contribution in [0.2, 0.25) is 0 Å². The summed E-state index contributed by atoms with van der Waals surface area (Å²) in [5.74, 6) is 0.184. The molecule has 0 radical (unpaired) electrons. The van der Waals surface area contributed by atoms with Gasteiger partial charge in [-0.05, 0) is 48.7 Å². The van der Waals surface area contributed by atoms with E-state index in [1.165, 1.54) is 19.2 Å². The van der Waals surface area contributed by atoms with Gasteiger partial charge in [0.05, 0.1) is 23.0 Å². The molecule has 0 unspecified atom stereocenters. The normalized spacial score (nSPS) is 14.9. The lowest BCUT2D eigenvalue weighted by molar-refractivity contribution is -0.121. The van der Waals surface area contributed by atoms with Crippen LogP contribution in [0.25, 0.3) is 11.0 Å². The number of aromatic nitrogens is 2. The van der Waals surface area contributed by atoms with Crippen LogP contribution in [-0.2, 0) is 34.8 Å². The van der Waals surface area contributed by atoms with E-state index in [4.69, 9.17) is 4.74 Å². The summed E-state index contributed by atoms with van der Waals surface area (Å²) in [7, 11) is -0.292. The molecule has 2 aromatic carbocycles. The van der Waals surface area contributed by atoms with E-state index in [1.54, 1.807) is 28.6 Å². The highest BCUT2D eigenvalue weighted by molar-refractivity contribution is 7.89. The quantitative estimate of drug-likeness (QED) is 0.526. The average molecular weight is 489 g/mol. The van der Waals surface area contributed by atoms with Crippen LogP contribution in [0.15, 0.2) is 41.3 Å². The van der Waals surface area contributed by atoms with Crippen LogP contribution in [-0.4, -0.2) is 48.4 Å². The Kier molecular flexibility index (Phi) is 7.18. The predicted octanol–water partition coefficient (Wildman–Crippen LogP) is 3.14. The molecule has 1 amide bonds. The van der Waals surface area contributed by atoms with E-state index in [2.05, 4.69) is 10.3 Å². The van der Waals surface area contributed by atoms with Crippen molar-refractivity contribution in [2.45, 2.75) is 43.5 Å². The Labute approximate surface area is 198 Å². The zero-order chi connectivity index (χ0) is 24.3. The number of benzene rings is 2. The first-order chi connectivity index (χ1) is 16.3. The minimum atomic E-state index is -3.54. The maximum Gasteiger partial charge on any atom is 0.243 e. The van der Waals surface area contributed by atoms with Crippen LogP contribution in [0.1, 0.15) is 37.1 Å². The van der Waals surface area contributed by atoms with Gasteiger partial charge >= 0.3 is 0 Å². The second-order valence-corrected chi connectivity index (χ2v) is 10.4. The van der Waals surface area contributed by atoms with Crippen molar-refractivity contribution >= 4 is 27.0 Å². The monoisotopic (exact) mass is 488 g/mol. The van der Waals surface area contributed by atoms with E-state index in [9.17, 15) is 17.6 Å². The Balaban J connectivity index is 1.40. The number of nitrogens with zero attached hydrogens (tertiary/aromatic N) is 3. The van der Waals surface area contributed by atoms with Crippen LogP contribution < -0.4 is 10.1 Å². The van der Waals surface area contributed by atoms with Gasteiger partial charge in [-0.3, -0.25) is 4.79 Å². The Bertz CT molecular complexity index is 1300. The summed E-state index contributed by atoms with van der Waals surface area (Å²) in [6.07, 6.45) is 3.41. The molecule has 4 rings (SSSR count). The van der Waals surface area contributed by atoms with E-state index >= 15 is 0 Å². The fourth-order valence-corrected chi connectivity index (χ4v) is 5.74. The van der Waals surface area contributed by atoms with Gasteiger partial charge in [0.1, 0.15) is 5.82 Å². The molecule has 8 nitrogen and oxygen atoms in total. The van der Waals surface area contributed by atoms with E-state index < -0.39 is 15.8 Å². The maximum atomic E-state index is 13.8. The molecule has 1 saturated heterocycles. The van der Waals surface area contributed by atoms with Gasteiger partial charge in [-0.1, -0.05) is 12.5 Å². The number of amides is 1. The number of fused-ring (bicyclic) bond motifs is 1. The van der Waals surface area contributed by atoms with Gasteiger partial charge in [0.25, 0.3) is 0 Å². The van der Waals surface area contributed by atoms with Crippen molar-refractivity contribution in [1.29, 1.82) is 0 Å². The highest BCUT2D eigenvalue weighted by atomic mass is 32.2. The zero-order valence-corrected chi connectivity index (χ0v) is 20.2. The van der Waals surface area contributed by atoms with Gasteiger partial charge in [0.15, 0.2) is 11.6 Å². The number of methoxy groups -OCH3 is 1. The molecule has 0 atom stereocenters. The van der Waals surface area contributed by atoms with Crippen LogP contribution in [0.4, 0.5) is 4.39 Å². The number of aryl methyl sites for hydroxylation is 2. The Morgan fingerprint density at radius 1 is 1.15 bits per heavy atom. The topological polar surface area (TPSA) is 93.5 Å². The molecule has 1 N–H and O–H groups in total. The summed E-state index contributed by atoms with van der Waals surface area (Å²) >= 11 is 0. The smallest absolute Gasteiger partial charge is 0.243 e. The number of carbonyl (C=O) groups excluding carboxylic acids is 1. The molecule has 0 spiro atoms. The molecular weight excluding hydrogens is 459 g/mol. The molecule has 0 saturated carbocycles. The summed E-state index contributed by atoms with van der Waals surface area (Å²) < 4.78 is 48.1. The van der Waals surface area contributed by atoms with Gasteiger partial charge in [0, 0.05) is 39.5 Å². The van der Waals surface area contributed by atoms with Crippen LogP contribution in [0, 0.1) is 5.82 Å². The van der Waals surface area contributed by atoms with Crippen LogP contribution in [0.3, 0.4) is 0 Å². The molecule has 0 bridgehead atoms. The Morgan fingerprint density at radius 2 is 1.91 bits per heavy atom. The lowest BCUT2D eigenvalue weighted by Gasteiger charge is -2.25. The maximum absolute atomic E-state index is 13.8. The first-order valence-corrected chi connectivity index (χ1v) is 12.8. The van der Waals surface area contributed by atoms with Gasteiger partial charge in [0.2, 0.25) is 15.9 Å². The Hall–Kier alpha value is -2.98. The zero-order valence-electron chi connectivity index (χ0n) is 19.4. The number of hydrogen-bond acceptors (Lipinski definition) is 5. The molecule has 182 valence electrons. The van der Waals surface area contributed by atoms with Gasteiger partial charge in [-0.2, -0.15) is 4.31 Å². The highest BCUT2D eigenvalue weighted by Gasteiger charge is 2.26. The lowest BCUT2D eigenvalue weighted by atomic mass is 10.2. The minimum Gasteiger partial charge on any atom is -0.494 e. The number of piperidine rings is 1. The van der Waals surface area contributed by atoms with Gasteiger partial charge < -0.3 is 14.6 Å². The standard InChI is InChI=1S/C24H29FN4O4S/c1-28-21-8-7-18(34(31,32)29-12-4-3-5-13-29)15-20(21)27-23(28)10-11-24(30)26-16-17-6-9-22(33-2)19(25)14-17/h6-9,14-15H,3-5,10-13,16H2,1-2H3,(H,26,30). The third-order valence-electron chi connectivity index (χ3n) is 6.18. The van der Waals surface area contributed by atoms with Crippen molar-refractivity contribution < 1.29 is 22.3 Å². The summed E-state index contributed by atoms with van der Waals surface area (Å²) in [6, 6.07) is 9.56. The molecule has 1 aliphatic heterocycles. The highest BCUT2D eigenvalue weighted by Crippen LogP contribution is 2.25. The second-order valence-electron chi connectivity index (χ2n) is 8.45. The number of carbonyl (C=O) groups is 1. The van der Waals surface area contributed by atoms with Gasteiger partial charge in [-0.15, -0.1) is 0 Å². The Morgan fingerprint density at radius 3 is 2.62 bits per heavy atom. The van der Waals surface area contributed by atoms with E-state index in [-0.39, 0.29) is 29.5 Å². The van der Waals surface area contributed by atoms with Crippen LogP contribution in [0.5, 0.6) is 5.75 Å². The molecular formula is C24H29FN4O4S. The van der Waals surface area contributed by atoms with Crippen LogP contribution >= 0.6 is 0 Å². The SMILES string of the molecule is COc1ccc(CNC(=O)CCc2nc3cc(S(=O)(=O)N4CCCCC4)ccc3n2C)cc1F. The fraction of sp³-hybridized carbons (Fsp3) is 0.417. The number of imidazole rings is 1. The molecule has 10 heteroatoms. The van der Waals surface area contributed by atoms with Crippen molar-refractivity contribution in [3.8, 4) is 5.75 Å². The molecule has 34 heavy (non-hydrogen) atoms. The molecule has 1 aromatic heterocycles. The molecule has 1 aliphatic rings. The number of nitrogens with one attached hydrogen (secondary N) is 1. The number of hydrogen-bond donors (Lipinski definition) is 1. The summed E-state index contributed by atoms with van der Waals surface area (Å²) in [4.78, 5) is 17.2. The average Bonchev–Trinajstić information content (AvgIpc) is 3.16. The number of halogens is 1. The summed E-state index contributed by atoms with van der Waals surface area (Å²) in [5, 5.41) is 2.78. The number of ether oxygens (including phenoxy) is 1. The molecule has 2 heterocycles. The lowest BCUT2D eigenvalue weighted by Crippen LogP contribution is -2.35. The van der Waals surface area contributed by atoms with Gasteiger partial charge in [-0.25, -0.2) is 17.8 Å². The van der Waals surface area contributed by atoms with Crippen molar-refractivity contribution in [3.05, 3.63) is 53.6 Å². The second kappa shape index (κ2) is 10.1. The number of sulfonamides is 1. The minimum absolute atomic E-state index is 0.156. The predicted molar refractivity (Wildman–Crippen MR) is 126 cm³/mol. The molecule has 0 aliphatic carbocycles. The third kappa shape index (κ3) is 5.07. The summed E-state index contributed by atoms with van der Waals surface area (Å²) in [5.41, 5.74) is 2.03. The molecule has 1 fully saturated rings. The summed E-state index contributed by atoms with van der Waals surface area (Å²) in [6.45, 7) is 1.30.